The van der Waals surface area contributed by atoms with Crippen LogP contribution >= 0.6 is 7.82 Å². The number of phosphoric acid groups is 1. The fourth-order valence-corrected chi connectivity index (χ4v) is 0. The van der Waals surface area contributed by atoms with Crippen molar-refractivity contribution in [1.29, 1.82) is 0 Å². The third-order valence-corrected chi connectivity index (χ3v) is 2.14. The molecule has 0 aromatic rings. The molecule has 0 radical (unpaired) electrons. The van der Waals surface area contributed by atoms with Crippen LogP contribution in [0.25, 0.3) is 0 Å². The van der Waals surface area contributed by atoms with Crippen LogP contribution in [0.4, 0.5) is 0 Å². The first-order chi connectivity index (χ1) is 2.56. The van der Waals surface area contributed by atoms with Gasteiger partial charge in [-0.3, -0.25) is 0 Å². The number of rotatable bonds is 1. The Kier molecular flexibility index (Phi) is 25.8. The van der Waals surface area contributed by atoms with Crippen molar-refractivity contribution in [2.75, 3.05) is 0 Å². The van der Waals surface area contributed by atoms with Gasteiger partial charge < -0.3 is 15.4 Å². The van der Waals surface area contributed by atoms with Crippen LogP contribution in [0, 0.1) is 0 Å². The molecule has 0 aromatic heterocycles. The Labute approximate surface area is 99.5 Å². The normalized spacial score (nSPS) is 8.22. The minimum Gasteiger partial charge on any atom is -1.00 e. The zero-order valence-corrected chi connectivity index (χ0v) is 11.5. The molecular weight excluding hydrogens is 277 g/mol. The van der Waals surface area contributed by atoms with Crippen molar-refractivity contribution < 1.29 is 82.1 Å². The topological polar surface area (TPSA) is 66.8 Å². The van der Waals surface area contributed by atoms with Crippen LogP contribution in [0.5, 0.6) is 0 Å². The second-order valence-corrected chi connectivity index (χ2v) is 3.11. The van der Waals surface area contributed by atoms with Gasteiger partial charge in [-0.2, -0.15) is 0 Å². The summed E-state index contributed by atoms with van der Waals surface area (Å²) in [6, 6.07) is 0. The smallest absolute Gasteiger partial charge is 1.00 e. The maximum Gasteiger partial charge on any atom is 1.00 e. The van der Waals surface area contributed by atoms with Gasteiger partial charge in [0.25, 0.3) is 0 Å². The maximum absolute atomic E-state index is 9.51. The molecule has 2 N–H and O–H groups in total. The summed E-state index contributed by atoms with van der Waals surface area (Å²) in [4.78, 5) is 15.5. The van der Waals surface area contributed by atoms with Crippen LogP contribution in [0.15, 0.2) is 0 Å². The number of hydrogen-bond acceptors (Lipinski definition) is 2. The first-order valence-corrected chi connectivity index (χ1v) is 3.52. The van der Waals surface area contributed by atoms with Crippen molar-refractivity contribution in [1.82, 2.24) is 0 Å². The van der Waals surface area contributed by atoms with Crippen LogP contribution < -0.4 is 18.9 Å². The summed E-state index contributed by atoms with van der Waals surface area (Å²) in [6.07, 6.45) is 0. The molecule has 0 saturated heterocycles. The molecule has 0 saturated carbocycles. The molecule has 9 heavy (non-hydrogen) atoms. The van der Waals surface area contributed by atoms with E-state index in [1.807, 2.05) is 0 Å². The van der Waals surface area contributed by atoms with E-state index < -0.39 is 7.82 Å². The second kappa shape index (κ2) is 10.3. The molecule has 0 atom stereocenters. The van der Waals surface area contributed by atoms with Gasteiger partial charge in [-0.05, 0) is 0 Å². The van der Waals surface area contributed by atoms with E-state index in [0.29, 0.717) is 0 Å². The van der Waals surface area contributed by atoms with Gasteiger partial charge in [0, 0.05) is 43.3 Å². The molecule has 0 aliphatic heterocycles. The molecule has 0 aromatic carbocycles. The third kappa shape index (κ3) is 25.2. The fourth-order valence-electron chi connectivity index (χ4n) is 0. The molecule has 0 amide bonds. The van der Waals surface area contributed by atoms with E-state index in [4.69, 9.17) is 9.79 Å². The predicted octanol–water partition coefficient (Wildman–Crippen LogP) is -4.51. The van der Waals surface area contributed by atoms with Gasteiger partial charge in [0.1, 0.15) is 0 Å². The third-order valence-electron chi connectivity index (χ3n) is 0.238. The molecule has 52 valence electrons. The van der Waals surface area contributed by atoms with Crippen LogP contribution in [0.3, 0.4) is 0 Å². The Morgan fingerprint density at radius 1 is 1.56 bits per heavy atom. The van der Waals surface area contributed by atoms with E-state index in [-0.39, 0.29) is 74.0 Å². The molecule has 0 fully saturated rings. The Morgan fingerprint density at radius 3 is 1.67 bits per heavy atom. The average Bonchev–Trinajstić information content (AvgIpc) is 1.35. The zero-order chi connectivity index (χ0) is 5.21. The molecule has 9 heteroatoms. The van der Waals surface area contributed by atoms with Gasteiger partial charge in [0.15, 0.2) is 10.5 Å². The maximum atomic E-state index is 9.51. The van der Waals surface area contributed by atoms with Crippen molar-refractivity contribution in [2.24, 2.45) is 0 Å². The van der Waals surface area contributed by atoms with Gasteiger partial charge in [-0.1, -0.05) is 0 Å². The molecule has 0 aliphatic rings. The molecule has 0 rings (SSSR count). The van der Waals surface area contributed by atoms with Crippen molar-refractivity contribution >= 4 is 18.3 Å². The molecule has 0 unspecified atom stereocenters. The first kappa shape index (κ1) is 22.5. The summed E-state index contributed by atoms with van der Waals surface area (Å²) < 4.78 is 13.2. The van der Waals surface area contributed by atoms with Crippen LogP contribution in [0.1, 0.15) is 1.43 Å². The van der Waals surface area contributed by atoms with Crippen LogP contribution in [-0.2, 0) is 52.1 Å². The largest absolute Gasteiger partial charge is 1.00 e. The quantitative estimate of drug-likeness (QED) is 0.376. The second-order valence-electron chi connectivity index (χ2n) is 0.673. The SMILES string of the molecule is O=P(O)(O)O[SiH3].[Fe].[H-].[Li+].[Zr]. The van der Waals surface area contributed by atoms with E-state index in [1.54, 1.807) is 0 Å². The van der Waals surface area contributed by atoms with Crippen molar-refractivity contribution in [3.63, 3.8) is 0 Å². The molecule has 0 aliphatic carbocycles. The Morgan fingerprint density at radius 2 is 1.67 bits per heavy atom. The van der Waals surface area contributed by atoms with E-state index in [2.05, 4.69) is 4.21 Å². The summed E-state index contributed by atoms with van der Waals surface area (Å²) in [5.41, 5.74) is 0. The van der Waals surface area contributed by atoms with E-state index in [9.17, 15) is 4.57 Å². The van der Waals surface area contributed by atoms with Crippen molar-refractivity contribution in [2.45, 2.75) is 0 Å². The van der Waals surface area contributed by atoms with Crippen LogP contribution in [0.2, 0.25) is 0 Å². The van der Waals surface area contributed by atoms with Gasteiger partial charge in [-0.15, -0.1) is 0 Å². The monoisotopic (exact) mass is 282 g/mol. The summed E-state index contributed by atoms with van der Waals surface area (Å²) >= 11 is 0. The average molecular weight is 283 g/mol. The minimum absolute atomic E-state index is 0. The Bertz CT molecular complexity index is 89.3. The van der Waals surface area contributed by atoms with E-state index in [1.165, 1.54) is 0 Å². The molecular formula is H6FeLiO4PSiZr. The Hall–Kier alpha value is 2.33. The van der Waals surface area contributed by atoms with E-state index in [0.717, 1.165) is 0 Å². The van der Waals surface area contributed by atoms with Crippen molar-refractivity contribution in [3.8, 4) is 0 Å². The summed E-state index contributed by atoms with van der Waals surface area (Å²) in [5, 5.41) is 0. The van der Waals surface area contributed by atoms with Gasteiger partial charge in [0.05, 0.1) is 0 Å². The summed E-state index contributed by atoms with van der Waals surface area (Å²) in [5.74, 6) is 0. The van der Waals surface area contributed by atoms with Gasteiger partial charge >= 0.3 is 26.7 Å². The molecule has 0 heterocycles. The minimum atomic E-state index is -4.08. The van der Waals surface area contributed by atoms with E-state index >= 15 is 0 Å². The molecule has 0 spiro atoms. The van der Waals surface area contributed by atoms with Gasteiger partial charge in [0.2, 0.25) is 0 Å². The van der Waals surface area contributed by atoms with Crippen LogP contribution in [-0.4, -0.2) is 20.3 Å². The van der Waals surface area contributed by atoms with Crippen molar-refractivity contribution in [3.05, 3.63) is 0 Å². The summed E-state index contributed by atoms with van der Waals surface area (Å²) in [6.45, 7) is 0. The Balaban J connectivity index is -0.0000000208. The zero-order valence-electron chi connectivity index (χ0n) is 6.01. The number of hydrogen-bond donors (Lipinski definition) is 2. The van der Waals surface area contributed by atoms with Gasteiger partial charge in [-0.25, -0.2) is 4.57 Å². The summed E-state index contributed by atoms with van der Waals surface area (Å²) in [7, 11) is -4.00. The predicted molar refractivity (Wildman–Crippen MR) is 24.2 cm³/mol. The first-order valence-electron chi connectivity index (χ1n) is 1.17. The molecule has 4 nitrogen and oxygen atoms in total. The molecule has 0 bridgehead atoms. The fraction of sp³-hybridized carbons (Fsp3) is 0. The standard InChI is InChI=1S/Fe.Li.H5O4PSi.Zr.H/c;;1-5(2,3)4-6;;/h;;6H3,(H2,1,2,3);;/q;+1;;;-1.